The predicted molar refractivity (Wildman–Crippen MR) is 126 cm³/mol. The van der Waals surface area contributed by atoms with Crippen molar-refractivity contribution in [3.8, 4) is 0 Å². The number of carbonyl (C=O) groups is 1. The Morgan fingerprint density at radius 1 is 0.935 bits per heavy atom. The minimum Gasteiger partial charge on any atom is -0.349 e. The molecule has 0 unspecified atom stereocenters. The van der Waals surface area contributed by atoms with Crippen LogP contribution in [-0.2, 0) is 14.1 Å². The van der Waals surface area contributed by atoms with Crippen molar-refractivity contribution in [1.29, 1.82) is 0 Å². The summed E-state index contributed by atoms with van der Waals surface area (Å²) in [4.78, 5) is 47.6. The van der Waals surface area contributed by atoms with Gasteiger partial charge >= 0.3 is 11.7 Å². The third kappa shape index (κ3) is 4.85. The molecule has 3 heterocycles. The Morgan fingerprint density at radius 3 is 2.13 bits per heavy atom. The van der Waals surface area contributed by atoms with Gasteiger partial charge in [-0.25, -0.2) is 9.59 Å². The molecule has 0 saturated carbocycles. The molecule has 0 atom stereocenters. The molecule has 0 N–H and O–H groups in total. The lowest BCUT2D eigenvalue weighted by molar-refractivity contribution is 0.115. The third-order valence-electron chi connectivity index (χ3n) is 6.25. The fourth-order valence-corrected chi connectivity index (χ4v) is 4.42. The number of halogens is 1. The zero-order chi connectivity index (χ0) is 22.0. The highest BCUT2D eigenvalue weighted by Crippen LogP contribution is 2.29. The van der Waals surface area contributed by atoms with E-state index >= 15 is 0 Å². The van der Waals surface area contributed by atoms with Crippen molar-refractivity contribution in [3.63, 3.8) is 0 Å². The molecule has 0 bridgehead atoms. The second kappa shape index (κ2) is 10.4. The van der Waals surface area contributed by atoms with Crippen molar-refractivity contribution >= 4 is 29.9 Å². The molecule has 176 valence electrons. The second-order valence-electron chi connectivity index (χ2n) is 8.12. The Hall–Kier alpha value is -2.20. The van der Waals surface area contributed by atoms with E-state index in [4.69, 9.17) is 0 Å². The first-order valence-electron chi connectivity index (χ1n) is 10.8. The molecular weight excluding hydrogens is 422 g/mol. The topological polar surface area (TPSA) is 77.3 Å². The van der Waals surface area contributed by atoms with E-state index in [0.29, 0.717) is 18.2 Å². The average Bonchev–Trinajstić information content (AvgIpc) is 3.08. The molecule has 10 nitrogen and oxygen atoms in total. The van der Waals surface area contributed by atoms with E-state index in [-0.39, 0.29) is 29.7 Å². The van der Waals surface area contributed by atoms with Gasteiger partial charge in [0.25, 0.3) is 5.56 Å². The van der Waals surface area contributed by atoms with Crippen LogP contribution in [0.2, 0.25) is 0 Å². The minimum atomic E-state index is -0.298. The summed E-state index contributed by atoms with van der Waals surface area (Å²) >= 11 is 0. The Balaban J connectivity index is 0.00000341. The molecule has 2 aliphatic rings. The first-order valence-corrected chi connectivity index (χ1v) is 10.8. The number of piperazine rings is 1. The largest absolute Gasteiger partial charge is 0.349 e. The van der Waals surface area contributed by atoms with Crippen molar-refractivity contribution in [1.82, 2.24) is 23.8 Å². The molecule has 1 aromatic heterocycles. The van der Waals surface area contributed by atoms with E-state index in [1.54, 1.807) is 11.6 Å². The van der Waals surface area contributed by atoms with Gasteiger partial charge in [-0.2, -0.15) is 0 Å². The van der Waals surface area contributed by atoms with Crippen LogP contribution in [0.4, 0.5) is 16.3 Å². The predicted octanol–water partition coefficient (Wildman–Crippen LogP) is 0.189. The quantitative estimate of drug-likeness (QED) is 0.607. The van der Waals surface area contributed by atoms with Gasteiger partial charge in [-0.3, -0.25) is 18.8 Å². The van der Waals surface area contributed by atoms with Crippen molar-refractivity contribution in [3.05, 3.63) is 20.8 Å². The van der Waals surface area contributed by atoms with Gasteiger partial charge in [0.15, 0.2) is 0 Å². The van der Waals surface area contributed by atoms with Crippen molar-refractivity contribution < 1.29 is 4.79 Å². The first kappa shape index (κ1) is 25.1. The third-order valence-corrected chi connectivity index (χ3v) is 6.25. The summed E-state index contributed by atoms with van der Waals surface area (Å²) in [6.07, 6.45) is 0.931. The summed E-state index contributed by atoms with van der Waals surface area (Å²) in [5.41, 5.74) is 0.0447. The maximum Gasteiger partial charge on any atom is 0.332 e. The van der Waals surface area contributed by atoms with Gasteiger partial charge in [-0.1, -0.05) is 0 Å². The zero-order valence-electron chi connectivity index (χ0n) is 19.3. The van der Waals surface area contributed by atoms with Gasteiger partial charge in [0.05, 0.1) is 6.67 Å². The minimum absolute atomic E-state index is 0. The fraction of sp³-hybridized carbons (Fsp3) is 0.750. The van der Waals surface area contributed by atoms with Crippen molar-refractivity contribution in [2.24, 2.45) is 14.1 Å². The smallest absolute Gasteiger partial charge is 0.332 e. The van der Waals surface area contributed by atoms with Gasteiger partial charge in [0.2, 0.25) is 0 Å². The Labute approximate surface area is 190 Å². The lowest BCUT2D eigenvalue weighted by Crippen LogP contribution is -2.53. The van der Waals surface area contributed by atoms with Crippen LogP contribution in [0.1, 0.15) is 20.3 Å². The van der Waals surface area contributed by atoms with Crippen LogP contribution in [0.25, 0.3) is 0 Å². The molecule has 2 aliphatic heterocycles. The van der Waals surface area contributed by atoms with Gasteiger partial charge in [0, 0.05) is 67.0 Å². The number of anilines is 2. The fourth-order valence-electron chi connectivity index (χ4n) is 4.42. The highest BCUT2D eigenvalue weighted by Gasteiger charge is 2.30. The monoisotopic (exact) mass is 457 g/mol. The van der Waals surface area contributed by atoms with Gasteiger partial charge < -0.3 is 19.6 Å². The summed E-state index contributed by atoms with van der Waals surface area (Å²) < 4.78 is 2.73. The Kier molecular flexibility index (Phi) is 8.41. The summed E-state index contributed by atoms with van der Waals surface area (Å²) in [6.45, 7) is 11.1. The number of amides is 2. The van der Waals surface area contributed by atoms with Gasteiger partial charge in [0.1, 0.15) is 11.5 Å². The number of nitrogens with zero attached hydrogens (tertiary/aromatic N) is 7. The Morgan fingerprint density at radius 2 is 1.55 bits per heavy atom. The van der Waals surface area contributed by atoms with E-state index in [1.807, 2.05) is 35.6 Å². The van der Waals surface area contributed by atoms with E-state index in [1.165, 1.54) is 7.05 Å². The standard InChI is InChI=1S/C20H35N7O3.ClH/c1-6-25(7-2)20(30)26-13-11-24(12-14-26)9-8-10-27-15-21(3)16-17(27)22(4)19(29)23(5)18(16)28;/h6-15H2,1-5H3;1H. The molecule has 0 aliphatic carbocycles. The Bertz CT molecular complexity index is 888. The molecule has 3 rings (SSSR count). The van der Waals surface area contributed by atoms with Crippen LogP contribution in [0, 0.1) is 0 Å². The van der Waals surface area contributed by atoms with Crippen LogP contribution in [0.15, 0.2) is 9.59 Å². The van der Waals surface area contributed by atoms with Crippen LogP contribution in [0.3, 0.4) is 0 Å². The van der Waals surface area contributed by atoms with E-state index in [2.05, 4.69) is 9.80 Å². The second-order valence-corrected chi connectivity index (χ2v) is 8.12. The molecule has 2 amide bonds. The zero-order valence-corrected chi connectivity index (χ0v) is 20.2. The van der Waals surface area contributed by atoms with Gasteiger partial charge in [-0.15, -0.1) is 12.4 Å². The maximum atomic E-state index is 12.5. The molecule has 0 spiro atoms. The number of urea groups is 1. The summed E-state index contributed by atoms with van der Waals surface area (Å²) in [6, 6.07) is 0.138. The lowest BCUT2D eigenvalue weighted by atomic mass is 10.3. The molecule has 1 saturated heterocycles. The number of carbonyl (C=O) groups excluding carboxylic acids is 1. The van der Waals surface area contributed by atoms with E-state index in [0.717, 1.165) is 63.3 Å². The molecular formula is C20H36ClN7O3. The SMILES string of the molecule is CCN(CC)C(=O)N1CCN(CCCN2CN(C)c3c2n(C)c(=O)n(C)c3=O)CC1.Cl. The lowest BCUT2D eigenvalue weighted by Gasteiger charge is -2.37. The molecule has 0 aromatic carbocycles. The van der Waals surface area contributed by atoms with E-state index < -0.39 is 0 Å². The van der Waals surface area contributed by atoms with Gasteiger partial charge in [-0.05, 0) is 26.8 Å². The number of hydrogen-bond acceptors (Lipinski definition) is 6. The molecule has 31 heavy (non-hydrogen) atoms. The average molecular weight is 458 g/mol. The number of fused-ring (bicyclic) bond motifs is 1. The highest BCUT2D eigenvalue weighted by molar-refractivity contribution is 5.85. The molecule has 1 aromatic rings. The summed E-state index contributed by atoms with van der Waals surface area (Å²) in [7, 11) is 5.13. The van der Waals surface area contributed by atoms with E-state index in [9.17, 15) is 14.4 Å². The highest BCUT2D eigenvalue weighted by atomic mass is 35.5. The van der Waals surface area contributed by atoms with Crippen LogP contribution in [0.5, 0.6) is 0 Å². The summed E-state index contributed by atoms with van der Waals surface area (Å²) in [5.74, 6) is 0.709. The molecule has 1 fully saturated rings. The van der Waals surface area contributed by atoms with Crippen molar-refractivity contribution in [2.45, 2.75) is 20.3 Å². The normalized spacial score (nSPS) is 16.4. The first-order chi connectivity index (χ1) is 14.3. The molecule has 0 radical (unpaired) electrons. The molecule has 11 heteroatoms. The van der Waals surface area contributed by atoms with Crippen LogP contribution in [-0.4, -0.2) is 95.9 Å². The maximum absolute atomic E-state index is 12.5. The van der Waals surface area contributed by atoms with Crippen LogP contribution < -0.4 is 21.0 Å². The number of rotatable bonds is 6. The van der Waals surface area contributed by atoms with Crippen LogP contribution >= 0.6 is 12.4 Å². The number of aromatic nitrogens is 2. The number of hydrogen-bond donors (Lipinski definition) is 0. The van der Waals surface area contributed by atoms with Crippen molar-refractivity contribution in [2.75, 3.05) is 75.9 Å². The summed E-state index contributed by atoms with van der Waals surface area (Å²) in [5, 5.41) is 0.